The summed E-state index contributed by atoms with van der Waals surface area (Å²) in [6.07, 6.45) is 9.51. The molecule has 4 aliphatic carbocycles. The lowest BCUT2D eigenvalue weighted by molar-refractivity contribution is -0.273. The second kappa shape index (κ2) is 6.93. The van der Waals surface area contributed by atoms with Crippen LogP contribution >= 0.6 is 0 Å². The average Bonchev–Trinajstić information content (AvgIpc) is 3.16. The lowest BCUT2D eigenvalue weighted by atomic mass is 9.44. The van der Waals surface area contributed by atoms with Crippen LogP contribution in [0.2, 0.25) is 0 Å². The van der Waals surface area contributed by atoms with E-state index in [2.05, 4.69) is 27.7 Å². The Hall–Kier alpha value is -0.160. The van der Waals surface area contributed by atoms with Crippen molar-refractivity contribution in [3.05, 3.63) is 0 Å². The maximum atomic E-state index is 10.6. The van der Waals surface area contributed by atoms with Gasteiger partial charge in [0.25, 0.3) is 0 Å². The van der Waals surface area contributed by atoms with Gasteiger partial charge in [0.1, 0.15) is 0 Å². The number of aliphatic hydroxyl groups excluding tert-OH is 2. The highest BCUT2D eigenvalue weighted by atomic mass is 16.7. The number of aliphatic hydroxyl groups is 2. The van der Waals surface area contributed by atoms with Gasteiger partial charge in [-0.25, -0.2) is 0 Å². The van der Waals surface area contributed by atoms with Crippen LogP contribution < -0.4 is 0 Å². The zero-order valence-electron chi connectivity index (χ0n) is 20.1. The number of fused-ring (bicyclic) bond motifs is 7. The van der Waals surface area contributed by atoms with Gasteiger partial charge in [-0.15, -0.1) is 0 Å². The Labute approximate surface area is 188 Å². The molecule has 31 heavy (non-hydrogen) atoms. The topological polar surface area (TPSA) is 58.9 Å². The summed E-state index contributed by atoms with van der Waals surface area (Å²) in [5.41, 5.74) is 0.550. The fraction of sp³-hybridized carbons (Fsp3) is 1.00. The molecular weight excluding hydrogens is 388 g/mol. The first-order chi connectivity index (χ1) is 14.7. The number of hydrogen-bond acceptors (Lipinski definition) is 4. The van der Waals surface area contributed by atoms with E-state index in [-0.39, 0.29) is 11.2 Å². The Morgan fingerprint density at radius 1 is 0.839 bits per heavy atom. The minimum absolute atomic E-state index is 0.191. The Kier molecular flexibility index (Phi) is 4.78. The number of rotatable bonds is 0. The Morgan fingerprint density at radius 2 is 1.65 bits per heavy atom. The van der Waals surface area contributed by atoms with Gasteiger partial charge in [-0.3, -0.25) is 0 Å². The van der Waals surface area contributed by atoms with E-state index in [1.54, 1.807) is 0 Å². The maximum Gasteiger partial charge on any atom is 0.171 e. The normalized spacial score (nSPS) is 63.3. The van der Waals surface area contributed by atoms with Crippen molar-refractivity contribution in [1.82, 2.24) is 0 Å². The maximum absolute atomic E-state index is 10.6. The molecule has 6 aliphatic rings. The molecule has 2 aliphatic heterocycles. The molecule has 13 atom stereocenters. The van der Waals surface area contributed by atoms with Gasteiger partial charge in [0.15, 0.2) is 5.79 Å². The number of hydrogen-bond donors (Lipinski definition) is 2. The van der Waals surface area contributed by atoms with Crippen molar-refractivity contribution in [2.45, 2.75) is 110 Å². The van der Waals surface area contributed by atoms with Gasteiger partial charge in [0.2, 0.25) is 0 Å². The van der Waals surface area contributed by atoms with Crippen molar-refractivity contribution in [3.8, 4) is 0 Å². The number of ether oxygens (including phenoxy) is 2. The van der Waals surface area contributed by atoms with Crippen LogP contribution in [0.15, 0.2) is 0 Å². The molecule has 2 N–H and O–H groups in total. The van der Waals surface area contributed by atoms with Crippen LogP contribution in [0.25, 0.3) is 0 Å². The third kappa shape index (κ3) is 2.80. The zero-order valence-corrected chi connectivity index (χ0v) is 20.1. The van der Waals surface area contributed by atoms with E-state index in [0.717, 1.165) is 37.7 Å². The minimum Gasteiger partial charge on any atom is -0.390 e. The molecule has 0 radical (unpaired) electrons. The van der Waals surface area contributed by atoms with Crippen LogP contribution in [0.5, 0.6) is 0 Å². The molecule has 2 heterocycles. The summed E-state index contributed by atoms with van der Waals surface area (Å²) in [7, 11) is 0. The predicted molar refractivity (Wildman–Crippen MR) is 119 cm³/mol. The Morgan fingerprint density at radius 3 is 2.39 bits per heavy atom. The van der Waals surface area contributed by atoms with Gasteiger partial charge in [-0.05, 0) is 97.7 Å². The summed E-state index contributed by atoms with van der Waals surface area (Å²) < 4.78 is 13.3. The molecule has 6 fully saturated rings. The van der Waals surface area contributed by atoms with E-state index in [4.69, 9.17) is 9.47 Å². The van der Waals surface area contributed by atoms with Crippen LogP contribution in [0, 0.1) is 52.3 Å². The first kappa shape index (κ1) is 21.4. The van der Waals surface area contributed by atoms with E-state index < -0.39 is 12.2 Å². The van der Waals surface area contributed by atoms with Crippen molar-refractivity contribution in [1.29, 1.82) is 0 Å². The summed E-state index contributed by atoms with van der Waals surface area (Å²) in [6, 6.07) is 0. The molecule has 0 aromatic rings. The highest BCUT2D eigenvalue weighted by Gasteiger charge is 2.69. The van der Waals surface area contributed by atoms with E-state index in [9.17, 15) is 10.2 Å². The largest absolute Gasteiger partial charge is 0.390 e. The van der Waals surface area contributed by atoms with Crippen LogP contribution in [0.1, 0.15) is 85.5 Å². The van der Waals surface area contributed by atoms with E-state index in [0.29, 0.717) is 41.1 Å². The lowest BCUT2D eigenvalue weighted by Gasteiger charge is -2.61. The van der Waals surface area contributed by atoms with Crippen LogP contribution in [0.4, 0.5) is 0 Å². The molecular formula is C27H44O4. The van der Waals surface area contributed by atoms with Crippen molar-refractivity contribution < 1.29 is 19.7 Å². The molecule has 4 heteroatoms. The summed E-state index contributed by atoms with van der Waals surface area (Å²) in [4.78, 5) is 0. The van der Waals surface area contributed by atoms with Gasteiger partial charge in [0, 0.05) is 12.3 Å². The molecule has 1 spiro atoms. The fourth-order valence-electron chi connectivity index (χ4n) is 10.3. The molecule has 0 aromatic carbocycles. The van der Waals surface area contributed by atoms with Gasteiger partial charge >= 0.3 is 0 Å². The Bertz CT molecular complexity index is 716. The summed E-state index contributed by atoms with van der Waals surface area (Å²) in [5.74, 6) is 4.21. The van der Waals surface area contributed by atoms with Crippen molar-refractivity contribution >= 4 is 0 Å². The van der Waals surface area contributed by atoms with Gasteiger partial charge in [-0.1, -0.05) is 27.7 Å². The first-order valence-electron chi connectivity index (χ1n) is 13.4. The van der Waals surface area contributed by atoms with E-state index >= 15 is 0 Å². The van der Waals surface area contributed by atoms with Gasteiger partial charge < -0.3 is 19.7 Å². The van der Waals surface area contributed by atoms with E-state index in [1.165, 1.54) is 38.5 Å². The molecule has 4 saturated carbocycles. The second-order valence-corrected chi connectivity index (χ2v) is 13.2. The SMILES string of the molecule is CC1CCC2(OC1)O[C@H]1CC3C4CC[C@@H]5C[C@@H](O)[C@H](O)C[C@]5(C)C4CC[C@]3(C)C1C2C. The molecule has 0 aromatic heterocycles. The second-order valence-electron chi connectivity index (χ2n) is 13.2. The quantitative estimate of drug-likeness (QED) is 0.579. The first-order valence-corrected chi connectivity index (χ1v) is 13.4. The Balaban J connectivity index is 1.26. The highest BCUT2D eigenvalue weighted by Crippen LogP contribution is 2.71. The monoisotopic (exact) mass is 432 g/mol. The minimum atomic E-state index is -0.537. The van der Waals surface area contributed by atoms with Gasteiger partial charge in [-0.2, -0.15) is 0 Å². The zero-order chi connectivity index (χ0) is 21.8. The van der Waals surface area contributed by atoms with Crippen molar-refractivity contribution in [2.75, 3.05) is 6.61 Å². The van der Waals surface area contributed by atoms with Gasteiger partial charge in [0.05, 0.1) is 24.9 Å². The summed E-state index contributed by atoms with van der Waals surface area (Å²) in [6.45, 7) is 10.6. The molecule has 6 rings (SSSR count). The molecule has 0 amide bonds. The lowest BCUT2D eigenvalue weighted by Crippen LogP contribution is -2.57. The van der Waals surface area contributed by atoms with Crippen molar-refractivity contribution in [3.63, 3.8) is 0 Å². The molecule has 0 bridgehead atoms. The third-order valence-electron chi connectivity index (χ3n) is 12.0. The van der Waals surface area contributed by atoms with Crippen LogP contribution in [-0.2, 0) is 9.47 Å². The average molecular weight is 433 g/mol. The van der Waals surface area contributed by atoms with Crippen LogP contribution in [0.3, 0.4) is 0 Å². The fourth-order valence-corrected chi connectivity index (χ4v) is 10.3. The highest BCUT2D eigenvalue weighted by molar-refractivity contribution is 5.15. The molecule has 4 nitrogen and oxygen atoms in total. The predicted octanol–water partition coefficient (Wildman–Crippen LogP) is 4.76. The molecule has 2 saturated heterocycles. The smallest absolute Gasteiger partial charge is 0.171 e. The van der Waals surface area contributed by atoms with Crippen LogP contribution in [-0.4, -0.2) is 40.9 Å². The molecule has 7 unspecified atom stereocenters. The van der Waals surface area contributed by atoms with E-state index in [1.807, 2.05) is 0 Å². The third-order valence-corrected chi connectivity index (χ3v) is 12.0. The summed E-state index contributed by atoms with van der Waals surface area (Å²) in [5, 5.41) is 20.9. The summed E-state index contributed by atoms with van der Waals surface area (Å²) >= 11 is 0. The molecule has 176 valence electrons. The van der Waals surface area contributed by atoms with Crippen molar-refractivity contribution in [2.24, 2.45) is 52.3 Å². The standard InChI is InChI=1S/C27H44O4/c1-15-7-10-27(30-14-15)16(2)24-23(31-27)12-20-18-6-5-17-11-21(28)22(29)13-26(17,4)19(18)8-9-25(20,24)3/h15-24,28-29H,5-14H2,1-4H3/t15?,16?,17-,18?,19?,20?,21-,22-,23+,24?,25+,26+,27?/m1/s1.